The summed E-state index contributed by atoms with van der Waals surface area (Å²) in [6.45, 7) is 8.21. The number of benzene rings is 1. The van der Waals surface area contributed by atoms with Crippen LogP contribution in [-0.2, 0) is 18.4 Å². The molecular weight excluding hydrogens is 234 g/mol. The summed E-state index contributed by atoms with van der Waals surface area (Å²) in [5, 5.41) is 0. The zero-order chi connectivity index (χ0) is 13.9. The van der Waals surface area contributed by atoms with Gasteiger partial charge in [0.25, 0.3) is 0 Å². The Bertz CT molecular complexity index is 518. The van der Waals surface area contributed by atoms with Gasteiger partial charge in [0, 0.05) is 23.9 Å². The van der Waals surface area contributed by atoms with Gasteiger partial charge in [0.2, 0.25) is 0 Å². The van der Waals surface area contributed by atoms with Gasteiger partial charge in [-0.1, -0.05) is 45.0 Å². The number of nitrogens with two attached hydrogens (primary N) is 1. The second-order valence-electron chi connectivity index (χ2n) is 6.01. The molecule has 0 atom stereocenters. The van der Waals surface area contributed by atoms with E-state index in [1.165, 1.54) is 16.8 Å². The molecular formula is C16H23N3. The third kappa shape index (κ3) is 3.44. The van der Waals surface area contributed by atoms with Gasteiger partial charge in [0.05, 0.1) is 6.33 Å². The van der Waals surface area contributed by atoms with Crippen LogP contribution in [-0.4, -0.2) is 16.1 Å². The molecule has 1 aromatic heterocycles. The van der Waals surface area contributed by atoms with Gasteiger partial charge in [-0.25, -0.2) is 4.98 Å². The smallest absolute Gasteiger partial charge is 0.0951 e. The Morgan fingerprint density at radius 2 is 1.74 bits per heavy atom. The van der Waals surface area contributed by atoms with Crippen molar-refractivity contribution in [3.8, 4) is 0 Å². The van der Waals surface area contributed by atoms with Gasteiger partial charge in [-0.05, 0) is 24.1 Å². The summed E-state index contributed by atoms with van der Waals surface area (Å²) in [4.78, 5) is 4.28. The number of imidazole rings is 1. The highest BCUT2D eigenvalue weighted by Crippen LogP contribution is 2.22. The first kappa shape index (κ1) is 13.8. The van der Waals surface area contributed by atoms with E-state index in [0.29, 0.717) is 6.54 Å². The lowest BCUT2D eigenvalue weighted by atomic mass is 9.92. The predicted molar refractivity (Wildman–Crippen MR) is 79.2 cm³/mol. The van der Waals surface area contributed by atoms with Crippen molar-refractivity contribution in [1.82, 2.24) is 9.55 Å². The van der Waals surface area contributed by atoms with Gasteiger partial charge < -0.3 is 10.3 Å². The quantitative estimate of drug-likeness (QED) is 0.915. The highest BCUT2D eigenvalue weighted by molar-refractivity contribution is 5.24. The summed E-state index contributed by atoms with van der Waals surface area (Å²) in [6, 6.07) is 8.68. The van der Waals surface area contributed by atoms with Gasteiger partial charge >= 0.3 is 0 Å². The van der Waals surface area contributed by atoms with E-state index in [1.807, 2.05) is 12.5 Å². The lowest BCUT2D eigenvalue weighted by molar-refractivity contribution is 0.531. The Morgan fingerprint density at radius 3 is 2.32 bits per heavy atom. The van der Waals surface area contributed by atoms with E-state index in [2.05, 4.69) is 54.6 Å². The molecule has 19 heavy (non-hydrogen) atoms. The van der Waals surface area contributed by atoms with Crippen molar-refractivity contribution in [1.29, 1.82) is 0 Å². The average molecular weight is 257 g/mol. The van der Waals surface area contributed by atoms with E-state index in [9.17, 15) is 0 Å². The van der Waals surface area contributed by atoms with Crippen molar-refractivity contribution in [2.45, 2.75) is 39.2 Å². The van der Waals surface area contributed by atoms with E-state index in [1.54, 1.807) is 0 Å². The van der Waals surface area contributed by atoms with Crippen LogP contribution in [0.4, 0.5) is 0 Å². The molecule has 0 aliphatic carbocycles. The largest absolute Gasteiger partial charge is 0.330 e. The van der Waals surface area contributed by atoms with Crippen molar-refractivity contribution in [3.05, 3.63) is 53.6 Å². The van der Waals surface area contributed by atoms with Crippen molar-refractivity contribution in [2.24, 2.45) is 5.73 Å². The van der Waals surface area contributed by atoms with Crippen LogP contribution in [0.2, 0.25) is 0 Å². The summed E-state index contributed by atoms with van der Waals surface area (Å²) in [7, 11) is 0. The van der Waals surface area contributed by atoms with Gasteiger partial charge in [0.1, 0.15) is 0 Å². The molecule has 102 valence electrons. The van der Waals surface area contributed by atoms with Crippen LogP contribution in [0.3, 0.4) is 0 Å². The van der Waals surface area contributed by atoms with Crippen molar-refractivity contribution in [3.63, 3.8) is 0 Å². The van der Waals surface area contributed by atoms with Crippen LogP contribution in [0.1, 0.15) is 37.6 Å². The predicted octanol–water partition coefficient (Wildman–Crippen LogP) is 2.73. The molecule has 1 heterocycles. The fourth-order valence-corrected chi connectivity index (χ4v) is 2.25. The van der Waals surface area contributed by atoms with Crippen LogP contribution < -0.4 is 5.73 Å². The van der Waals surface area contributed by atoms with Gasteiger partial charge in [-0.2, -0.15) is 0 Å². The first-order chi connectivity index (χ1) is 9.00. The molecule has 2 N–H and O–H groups in total. The SMILES string of the molecule is CC(C)(C)c1cncn1Cc1ccc(CCN)cc1. The molecule has 0 aliphatic rings. The maximum atomic E-state index is 5.56. The van der Waals surface area contributed by atoms with E-state index in [4.69, 9.17) is 5.73 Å². The second kappa shape index (κ2) is 5.57. The zero-order valence-corrected chi connectivity index (χ0v) is 12.1. The summed E-state index contributed by atoms with van der Waals surface area (Å²) < 4.78 is 2.22. The molecule has 0 saturated carbocycles. The van der Waals surface area contributed by atoms with E-state index < -0.39 is 0 Å². The molecule has 0 unspecified atom stereocenters. The third-order valence-electron chi connectivity index (χ3n) is 3.29. The molecule has 2 rings (SSSR count). The molecule has 0 bridgehead atoms. The van der Waals surface area contributed by atoms with Crippen molar-refractivity contribution < 1.29 is 0 Å². The number of aromatic nitrogens is 2. The summed E-state index contributed by atoms with van der Waals surface area (Å²) in [6.07, 6.45) is 4.82. The van der Waals surface area contributed by atoms with Crippen LogP contribution in [0.25, 0.3) is 0 Å². The molecule has 0 aliphatic heterocycles. The normalized spacial score (nSPS) is 11.8. The zero-order valence-electron chi connectivity index (χ0n) is 12.1. The Balaban J connectivity index is 2.15. The number of nitrogens with zero attached hydrogens (tertiary/aromatic N) is 2. The minimum absolute atomic E-state index is 0.121. The van der Waals surface area contributed by atoms with E-state index in [0.717, 1.165) is 13.0 Å². The molecule has 0 radical (unpaired) electrons. The van der Waals surface area contributed by atoms with Crippen LogP contribution in [0.15, 0.2) is 36.8 Å². The maximum absolute atomic E-state index is 5.56. The molecule has 0 fully saturated rings. The lowest BCUT2D eigenvalue weighted by Crippen LogP contribution is -2.17. The number of rotatable bonds is 4. The van der Waals surface area contributed by atoms with E-state index >= 15 is 0 Å². The Morgan fingerprint density at radius 1 is 1.11 bits per heavy atom. The van der Waals surface area contributed by atoms with Crippen molar-refractivity contribution in [2.75, 3.05) is 6.54 Å². The highest BCUT2D eigenvalue weighted by Gasteiger charge is 2.18. The molecule has 0 amide bonds. The minimum Gasteiger partial charge on any atom is -0.330 e. The van der Waals surface area contributed by atoms with Crippen LogP contribution >= 0.6 is 0 Å². The monoisotopic (exact) mass is 257 g/mol. The topological polar surface area (TPSA) is 43.8 Å². The molecule has 3 nitrogen and oxygen atoms in total. The molecule has 0 spiro atoms. The summed E-state index contributed by atoms with van der Waals surface area (Å²) in [5.74, 6) is 0. The lowest BCUT2D eigenvalue weighted by Gasteiger charge is -2.20. The fraction of sp³-hybridized carbons (Fsp3) is 0.438. The van der Waals surface area contributed by atoms with E-state index in [-0.39, 0.29) is 5.41 Å². The minimum atomic E-state index is 0.121. The molecule has 3 heteroatoms. The fourth-order valence-electron chi connectivity index (χ4n) is 2.25. The van der Waals surface area contributed by atoms with Crippen LogP contribution in [0, 0.1) is 0 Å². The maximum Gasteiger partial charge on any atom is 0.0951 e. The standard InChI is InChI=1S/C16H23N3/c1-16(2,3)15-10-18-12-19(15)11-14-6-4-13(5-7-14)8-9-17/h4-7,10,12H,8-9,11,17H2,1-3H3. The van der Waals surface area contributed by atoms with Gasteiger partial charge in [-0.3, -0.25) is 0 Å². The first-order valence-electron chi connectivity index (χ1n) is 6.79. The highest BCUT2D eigenvalue weighted by atomic mass is 15.0. The molecule has 1 aromatic carbocycles. The van der Waals surface area contributed by atoms with Gasteiger partial charge in [0.15, 0.2) is 0 Å². The van der Waals surface area contributed by atoms with Crippen LogP contribution in [0.5, 0.6) is 0 Å². The number of hydrogen-bond donors (Lipinski definition) is 1. The summed E-state index contributed by atoms with van der Waals surface area (Å²) >= 11 is 0. The average Bonchev–Trinajstić information content (AvgIpc) is 2.80. The molecule has 2 aromatic rings. The summed E-state index contributed by atoms with van der Waals surface area (Å²) in [5.41, 5.74) is 9.54. The molecule has 0 saturated heterocycles. The number of hydrogen-bond acceptors (Lipinski definition) is 2. The Labute approximate surface area is 115 Å². The first-order valence-corrected chi connectivity index (χ1v) is 6.79. The Hall–Kier alpha value is -1.61. The van der Waals surface area contributed by atoms with Crippen molar-refractivity contribution >= 4 is 0 Å². The van der Waals surface area contributed by atoms with Gasteiger partial charge in [-0.15, -0.1) is 0 Å². The second-order valence-corrected chi connectivity index (χ2v) is 6.01. The Kier molecular flexibility index (Phi) is 4.05. The third-order valence-corrected chi connectivity index (χ3v) is 3.29.